The van der Waals surface area contributed by atoms with Crippen LogP contribution in [0.3, 0.4) is 0 Å². The molecule has 1 aromatic heterocycles. The van der Waals surface area contributed by atoms with Crippen LogP contribution in [0, 0.1) is 0 Å². The zero-order valence-electron chi connectivity index (χ0n) is 6.14. The molecule has 0 aliphatic carbocycles. The predicted molar refractivity (Wildman–Crippen MR) is 52.0 cm³/mol. The third kappa shape index (κ3) is 1.66. The van der Waals surface area contributed by atoms with Crippen molar-refractivity contribution in [1.82, 2.24) is 5.32 Å². The smallest absolute Gasteiger partial charge is 0.0415 e. The van der Waals surface area contributed by atoms with Crippen LogP contribution in [0.5, 0.6) is 0 Å². The molecular weight excluding hydrogens is 222 g/mol. The molecule has 11 heavy (non-hydrogen) atoms. The Hall–Kier alpha value is 0.140. The second kappa shape index (κ2) is 3.25. The Kier molecular flexibility index (Phi) is 2.30. The molecule has 1 aromatic rings. The van der Waals surface area contributed by atoms with Gasteiger partial charge in [-0.1, -0.05) is 0 Å². The lowest BCUT2D eigenvalue weighted by Crippen LogP contribution is -2.11. The lowest BCUT2D eigenvalue weighted by atomic mass is 10.2. The summed E-state index contributed by atoms with van der Waals surface area (Å²) < 4.78 is 1.21. The summed E-state index contributed by atoms with van der Waals surface area (Å²) in [7, 11) is 0. The molecule has 1 fully saturated rings. The van der Waals surface area contributed by atoms with Gasteiger partial charge in [0.25, 0.3) is 0 Å². The molecule has 1 saturated heterocycles. The first kappa shape index (κ1) is 7.77. The van der Waals surface area contributed by atoms with Crippen LogP contribution >= 0.6 is 27.3 Å². The van der Waals surface area contributed by atoms with E-state index in [4.69, 9.17) is 0 Å². The van der Waals surface area contributed by atoms with E-state index in [0.29, 0.717) is 6.04 Å². The molecule has 1 aliphatic rings. The summed E-state index contributed by atoms with van der Waals surface area (Å²) in [5, 5.41) is 5.62. The molecule has 0 amide bonds. The Labute approximate surface area is 78.9 Å². The molecule has 0 aromatic carbocycles. The quantitative estimate of drug-likeness (QED) is 0.784. The van der Waals surface area contributed by atoms with Gasteiger partial charge in [-0.15, -0.1) is 11.3 Å². The highest BCUT2D eigenvalue weighted by atomic mass is 79.9. The normalized spacial score (nSPS) is 24.3. The van der Waals surface area contributed by atoms with Crippen molar-refractivity contribution < 1.29 is 0 Å². The monoisotopic (exact) mass is 231 g/mol. The summed E-state index contributed by atoms with van der Waals surface area (Å²) in [6, 6.07) is 2.85. The Morgan fingerprint density at radius 3 is 3.09 bits per heavy atom. The first-order chi connectivity index (χ1) is 5.36. The van der Waals surface area contributed by atoms with Gasteiger partial charge in [-0.2, -0.15) is 0 Å². The van der Waals surface area contributed by atoms with Gasteiger partial charge in [0.2, 0.25) is 0 Å². The van der Waals surface area contributed by atoms with E-state index in [1.165, 1.54) is 28.7 Å². The number of nitrogens with one attached hydrogen (secondary N) is 1. The van der Waals surface area contributed by atoms with Gasteiger partial charge in [0.1, 0.15) is 0 Å². The summed E-state index contributed by atoms with van der Waals surface area (Å²) in [4.78, 5) is 1.47. The molecule has 1 nitrogen and oxygen atoms in total. The van der Waals surface area contributed by atoms with Gasteiger partial charge >= 0.3 is 0 Å². The SMILES string of the molecule is Brc1csc([C@H]2CCCN2)c1. The topological polar surface area (TPSA) is 12.0 Å². The maximum absolute atomic E-state index is 3.48. The van der Waals surface area contributed by atoms with Crippen LogP contribution in [0.4, 0.5) is 0 Å². The molecule has 0 unspecified atom stereocenters. The van der Waals surface area contributed by atoms with Gasteiger partial charge < -0.3 is 5.32 Å². The van der Waals surface area contributed by atoms with Crippen LogP contribution in [0.2, 0.25) is 0 Å². The van der Waals surface area contributed by atoms with Gasteiger partial charge in [0.15, 0.2) is 0 Å². The molecular formula is C8H10BrNS. The van der Waals surface area contributed by atoms with Crippen molar-refractivity contribution in [3.05, 3.63) is 20.8 Å². The van der Waals surface area contributed by atoms with Gasteiger partial charge in [-0.05, 0) is 41.4 Å². The number of thiophene rings is 1. The van der Waals surface area contributed by atoms with E-state index in [1.54, 1.807) is 0 Å². The Morgan fingerprint density at radius 2 is 2.55 bits per heavy atom. The van der Waals surface area contributed by atoms with Crippen molar-refractivity contribution in [3.8, 4) is 0 Å². The minimum Gasteiger partial charge on any atom is -0.309 e. The van der Waals surface area contributed by atoms with E-state index >= 15 is 0 Å². The maximum atomic E-state index is 3.48. The van der Waals surface area contributed by atoms with E-state index < -0.39 is 0 Å². The molecule has 0 spiro atoms. The summed E-state index contributed by atoms with van der Waals surface area (Å²) in [5.41, 5.74) is 0. The molecule has 1 N–H and O–H groups in total. The summed E-state index contributed by atoms with van der Waals surface area (Å²) >= 11 is 5.30. The van der Waals surface area contributed by atoms with Crippen LogP contribution in [-0.2, 0) is 0 Å². The second-order valence-electron chi connectivity index (χ2n) is 2.82. The molecule has 1 atom stereocenters. The number of hydrogen-bond acceptors (Lipinski definition) is 2. The Morgan fingerprint density at radius 1 is 1.64 bits per heavy atom. The van der Waals surface area contributed by atoms with Crippen LogP contribution in [0.1, 0.15) is 23.8 Å². The van der Waals surface area contributed by atoms with Crippen LogP contribution in [0.25, 0.3) is 0 Å². The lowest BCUT2D eigenvalue weighted by molar-refractivity contribution is 0.659. The zero-order chi connectivity index (χ0) is 7.68. The zero-order valence-corrected chi connectivity index (χ0v) is 8.54. The first-order valence-electron chi connectivity index (χ1n) is 3.83. The van der Waals surface area contributed by atoms with E-state index in [1.807, 2.05) is 11.3 Å². The average Bonchev–Trinajstić information content (AvgIpc) is 2.55. The summed E-state index contributed by atoms with van der Waals surface area (Å²) in [6.45, 7) is 1.18. The van der Waals surface area contributed by atoms with E-state index in [-0.39, 0.29) is 0 Å². The van der Waals surface area contributed by atoms with Crippen molar-refractivity contribution in [2.75, 3.05) is 6.54 Å². The predicted octanol–water partition coefficient (Wildman–Crippen LogP) is 2.94. The fourth-order valence-corrected chi connectivity index (χ4v) is 2.99. The van der Waals surface area contributed by atoms with Crippen LogP contribution in [0.15, 0.2) is 15.9 Å². The van der Waals surface area contributed by atoms with Gasteiger partial charge in [-0.3, -0.25) is 0 Å². The molecule has 2 rings (SSSR count). The molecule has 2 heterocycles. The third-order valence-electron chi connectivity index (χ3n) is 1.99. The van der Waals surface area contributed by atoms with Gasteiger partial charge in [0.05, 0.1) is 0 Å². The Bertz CT molecular complexity index is 240. The fraction of sp³-hybridized carbons (Fsp3) is 0.500. The fourth-order valence-electron chi connectivity index (χ4n) is 1.44. The van der Waals surface area contributed by atoms with Crippen molar-refractivity contribution in [2.24, 2.45) is 0 Å². The molecule has 60 valence electrons. The van der Waals surface area contributed by atoms with Crippen LogP contribution in [-0.4, -0.2) is 6.54 Å². The molecule has 0 bridgehead atoms. The minimum absolute atomic E-state index is 0.631. The molecule has 0 radical (unpaired) electrons. The molecule has 0 saturated carbocycles. The molecule has 3 heteroatoms. The largest absolute Gasteiger partial charge is 0.309 e. The Balaban J connectivity index is 2.15. The van der Waals surface area contributed by atoms with Crippen molar-refractivity contribution in [3.63, 3.8) is 0 Å². The second-order valence-corrected chi connectivity index (χ2v) is 4.67. The van der Waals surface area contributed by atoms with Crippen molar-refractivity contribution in [1.29, 1.82) is 0 Å². The third-order valence-corrected chi connectivity index (χ3v) is 3.80. The highest BCUT2D eigenvalue weighted by Crippen LogP contribution is 2.30. The van der Waals surface area contributed by atoms with Gasteiger partial charge in [-0.25, -0.2) is 0 Å². The average molecular weight is 232 g/mol. The van der Waals surface area contributed by atoms with Crippen molar-refractivity contribution >= 4 is 27.3 Å². The van der Waals surface area contributed by atoms with E-state index in [0.717, 1.165) is 0 Å². The van der Waals surface area contributed by atoms with Gasteiger partial charge in [0, 0.05) is 20.8 Å². The van der Waals surface area contributed by atoms with E-state index in [2.05, 4.69) is 32.7 Å². The summed E-state index contributed by atoms with van der Waals surface area (Å²) in [6.07, 6.45) is 2.62. The molecule has 1 aliphatic heterocycles. The number of rotatable bonds is 1. The highest BCUT2D eigenvalue weighted by molar-refractivity contribution is 9.10. The lowest BCUT2D eigenvalue weighted by Gasteiger charge is -2.05. The summed E-state index contributed by atoms with van der Waals surface area (Å²) in [5.74, 6) is 0. The number of hydrogen-bond donors (Lipinski definition) is 1. The standard InChI is InChI=1S/C8H10BrNS/c9-6-4-8(11-5-6)7-2-1-3-10-7/h4-5,7,10H,1-3H2/t7-/m1/s1. The minimum atomic E-state index is 0.631. The maximum Gasteiger partial charge on any atom is 0.0415 e. The van der Waals surface area contributed by atoms with Crippen molar-refractivity contribution in [2.45, 2.75) is 18.9 Å². The van der Waals surface area contributed by atoms with E-state index in [9.17, 15) is 0 Å². The number of halogens is 1. The highest BCUT2D eigenvalue weighted by Gasteiger charge is 2.16. The first-order valence-corrected chi connectivity index (χ1v) is 5.51. The van der Waals surface area contributed by atoms with Crippen LogP contribution < -0.4 is 5.32 Å².